The van der Waals surface area contributed by atoms with E-state index in [9.17, 15) is 13.2 Å². The molecule has 0 amide bonds. The van der Waals surface area contributed by atoms with E-state index in [1.807, 2.05) is 14.0 Å². The lowest BCUT2D eigenvalue weighted by Crippen LogP contribution is -2.34. The zero-order valence-corrected chi connectivity index (χ0v) is 18.8. The van der Waals surface area contributed by atoms with E-state index in [-0.39, 0.29) is 18.1 Å². The summed E-state index contributed by atoms with van der Waals surface area (Å²) >= 11 is 6.14. The first-order chi connectivity index (χ1) is 15.5. The molecule has 3 rings (SSSR count). The molecule has 0 aliphatic carbocycles. The third kappa shape index (κ3) is 5.61. The minimum Gasteiger partial charge on any atom is -0.493 e. The van der Waals surface area contributed by atoms with Gasteiger partial charge in [0.2, 0.25) is 0 Å². The monoisotopic (exact) mass is 492 g/mol. The number of rotatable bonds is 9. The third-order valence-corrected chi connectivity index (χ3v) is 5.26. The number of nitrogens with one attached hydrogen (secondary N) is 1. The molecule has 1 aromatic carbocycles. The Kier molecular flexibility index (Phi) is 7.58. The first kappa shape index (κ1) is 24.9. The van der Waals surface area contributed by atoms with Gasteiger partial charge in [-0.05, 0) is 26.9 Å². The average Bonchev–Trinajstić information content (AvgIpc) is 3.19. The lowest BCUT2D eigenvalue weighted by molar-refractivity contribution is -0.138. The number of hydrogen-bond acceptors (Lipinski definition) is 6. The fourth-order valence-electron chi connectivity index (χ4n) is 3.01. The summed E-state index contributed by atoms with van der Waals surface area (Å²) in [5.41, 5.74) is -1.09. The standard InChI is InChI=1S/C20H22ClF5N6O/c1-4-31(3)6-5-7-33-12-8-13(22)15(14(23)9-12)16-17(21)30-19-27-10-28-32(19)18(16)29-11(2)20(24,25)26/h8-11,29H,4-7H2,1-3H3/t11-/m1/s1. The number of alkyl halides is 3. The van der Waals surface area contributed by atoms with Crippen molar-refractivity contribution >= 4 is 23.2 Å². The summed E-state index contributed by atoms with van der Waals surface area (Å²) in [6.45, 7) is 4.67. The molecule has 0 radical (unpaired) electrons. The van der Waals surface area contributed by atoms with Crippen molar-refractivity contribution < 1.29 is 26.7 Å². The predicted octanol–water partition coefficient (Wildman–Crippen LogP) is 4.81. The lowest BCUT2D eigenvalue weighted by Gasteiger charge is -2.22. The number of nitrogens with zero attached hydrogens (tertiary/aromatic N) is 5. The van der Waals surface area contributed by atoms with Crippen molar-refractivity contribution in [1.82, 2.24) is 24.5 Å². The fourth-order valence-corrected chi connectivity index (χ4v) is 3.27. The summed E-state index contributed by atoms with van der Waals surface area (Å²) in [5, 5.41) is 5.55. The smallest absolute Gasteiger partial charge is 0.408 e. The van der Waals surface area contributed by atoms with Crippen LogP contribution in [0.5, 0.6) is 5.75 Å². The van der Waals surface area contributed by atoms with E-state index < -0.39 is 46.0 Å². The van der Waals surface area contributed by atoms with Crippen LogP contribution in [0.2, 0.25) is 5.15 Å². The summed E-state index contributed by atoms with van der Waals surface area (Å²) in [5.74, 6) is -2.76. The Morgan fingerprint density at radius 3 is 2.48 bits per heavy atom. The van der Waals surface area contributed by atoms with Crippen molar-refractivity contribution in [3.05, 3.63) is 35.2 Å². The number of ether oxygens (including phenoxy) is 1. The van der Waals surface area contributed by atoms with Gasteiger partial charge in [-0.25, -0.2) is 8.78 Å². The Labute approximate surface area is 191 Å². The molecule has 2 aromatic heterocycles. The SMILES string of the molecule is CCN(C)CCCOc1cc(F)c(-c2c(Cl)nc3ncnn3c2N[C@H](C)C(F)(F)F)c(F)c1. The highest BCUT2D eigenvalue weighted by molar-refractivity contribution is 6.33. The van der Waals surface area contributed by atoms with Gasteiger partial charge >= 0.3 is 6.18 Å². The molecular weight excluding hydrogens is 471 g/mol. The van der Waals surface area contributed by atoms with Crippen LogP contribution in [-0.4, -0.2) is 63.4 Å². The molecule has 3 aromatic rings. The Balaban J connectivity index is 2.00. The number of halogens is 6. The van der Waals surface area contributed by atoms with E-state index >= 15 is 8.78 Å². The molecule has 33 heavy (non-hydrogen) atoms. The van der Waals surface area contributed by atoms with E-state index in [1.54, 1.807) is 0 Å². The van der Waals surface area contributed by atoms with Gasteiger partial charge in [0.25, 0.3) is 5.78 Å². The molecule has 0 saturated carbocycles. The number of aromatic nitrogens is 4. The van der Waals surface area contributed by atoms with Crippen molar-refractivity contribution in [3.8, 4) is 16.9 Å². The third-order valence-electron chi connectivity index (χ3n) is 4.99. The van der Waals surface area contributed by atoms with Crippen molar-refractivity contribution in [2.75, 3.05) is 32.1 Å². The largest absolute Gasteiger partial charge is 0.493 e. The number of anilines is 1. The van der Waals surface area contributed by atoms with Crippen LogP contribution in [0.3, 0.4) is 0 Å². The van der Waals surface area contributed by atoms with Crippen LogP contribution in [0.25, 0.3) is 16.9 Å². The van der Waals surface area contributed by atoms with Crippen LogP contribution in [0, 0.1) is 11.6 Å². The van der Waals surface area contributed by atoms with Crippen molar-refractivity contribution in [2.24, 2.45) is 0 Å². The van der Waals surface area contributed by atoms with Crippen LogP contribution in [0.1, 0.15) is 20.3 Å². The first-order valence-electron chi connectivity index (χ1n) is 10.1. The highest BCUT2D eigenvalue weighted by atomic mass is 35.5. The molecular formula is C20H22ClF5N6O. The zero-order valence-electron chi connectivity index (χ0n) is 18.0. The summed E-state index contributed by atoms with van der Waals surface area (Å²) in [4.78, 5) is 9.74. The maximum atomic E-state index is 15.0. The molecule has 0 aliphatic heterocycles. The van der Waals surface area contributed by atoms with Gasteiger partial charge in [-0.2, -0.15) is 32.8 Å². The molecule has 0 bridgehead atoms. The van der Waals surface area contributed by atoms with Crippen molar-refractivity contribution in [2.45, 2.75) is 32.5 Å². The van der Waals surface area contributed by atoms with Crippen LogP contribution in [0.15, 0.2) is 18.5 Å². The van der Waals surface area contributed by atoms with Crippen LogP contribution in [-0.2, 0) is 0 Å². The van der Waals surface area contributed by atoms with E-state index in [4.69, 9.17) is 16.3 Å². The maximum Gasteiger partial charge on any atom is 0.408 e. The summed E-state index contributed by atoms with van der Waals surface area (Å²) in [6.07, 6.45) is -2.98. The second-order valence-corrected chi connectivity index (χ2v) is 7.72. The molecule has 0 saturated heterocycles. The van der Waals surface area contributed by atoms with Gasteiger partial charge in [0.1, 0.15) is 40.7 Å². The van der Waals surface area contributed by atoms with Gasteiger partial charge in [0.05, 0.1) is 17.7 Å². The quantitative estimate of drug-likeness (QED) is 0.263. The van der Waals surface area contributed by atoms with Gasteiger partial charge in [0.15, 0.2) is 0 Å². The van der Waals surface area contributed by atoms with Crippen molar-refractivity contribution in [1.29, 1.82) is 0 Å². The lowest BCUT2D eigenvalue weighted by atomic mass is 10.1. The van der Waals surface area contributed by atoms with E-state index in [1.165, 1.54) is 0 Å². The Hall–Kier alpha value is -2.73. The van der Waals surface area contributed by atoms with Gasteiger partial charge in [-0.3, -0.25) is 0 Å². The van der Waals surface area contributed by atoms with Crippen LogP contribution in [0.4, 0.5) is 27.8 Å². The molecule has 2 heterocycles. The van der Waals surface area contributed by atoms with Gasteiger partial charge in [-0.1, -0.05) is 18.5 Å². The minimum absolute atomic E-state index is 0.0583. The van der Waals surface area contributed by atoms with Crippen molar-refractivity contribution in [3.63, 3.8) is 0 Å². The summed E-state index contributed by atoms with van der Waals surface area (Å²) in [6, 6.07) is -0.196. The Morgan fingerprint density at radius 1 is 1.21 bits per heavy atom. The van der Waals surface area contributed by atoms with Crippen LogP contribution < -0.4 is 10.1 Å². The minimum atomic E-state index is -4.65. The maximum absolute atomic E-state index is 15.0. The van der Waals surface area contributed by atoms with E-state index in [0.29, 0.717) is 6.42 Å². The normalized spacial score (nSPS) is 13.0. The average molecular weight is 493 g/mol. The number of hydrogen-bond donors (Lipinski definition) is 1. The highest BCUT2D eigenvalue weighted by Gasteiger charge is 2.37. The van der Waals surface area contributed by atoms with Crippen LogP contribution >= 0.6 is 11.6 Å². The predicted molar refractivity (Wildman–Crippen MR) is 114 cm³/mol. The molecule has 1 atom stereocenters. The number of benzene rings is 1. The molecule has 7 nitrogen and oxygen atoms in total. The molecule has 13 heteroatoms. The first-order valence-corrected chi connectivity index (χ1v) is 10.4. The van der Waals surface area contributed by atoms with E-state index in [0.717, 1.165) is 43.0 Å². The second kappa shape index (κ2) is 10.0. The Morgan fingerprint density at radius 2 is 1.88 bits per heavy atom. The molecule has 0 aliphatic rings. The summed E-state index contributed by atoms with van der Waals surface area (Å²) in [7, 11) is 1.93. The van der Waals surface area contributed by atoms with E-state index in [2.05, 4.69) is 25.3 Å². The van der Waals surface area contributed by atoms with Gasteiger partial charge < -0.3 is 15.0 Å². The van der Waals surface area contributed by atoms with Gasteiger partial charge in [0, 0.05) is 18.7 Å². The zero-order chi connectivity index (χ0) is 24.3. The molecule has 0 spiro atoms. The fraction of sp³-hybridized carbons (Fsp3) is 0.450. The molecule has 0 fully saturated rings. The molecule has 180 valence electrons. The second-order valence-electron chi connectivity index (χ2n) is 7.37. The highest BCUT2D eigenvalue weighted by Crippen LogP contribution is 2.39. The molecule has 1 N–H and O–H groups in total. The molecule has 0 unspecified atom stereocenters. The topological polar surface area (TPSA) is 67.6 Å². The van der Waals surface area contributed by atoms with Gasteiger partial charge in [-0.15, -0.1) is 0 Å². The summed E-state index contributed by atoms with van der Waals surface area (Å²) < 4.78 is 76.0. The number of fused-ring (bicyclic) bond motifs is 1. The Bertz CT molecular complexity index is 1100.